The molecule has 0 fully saturated rings. The first-order valence-corrected chi connectivity index (χ1v) is 14.0. The molecule has 4 atom stereocenters. The second-order valence-corrected chi connectivity index (χ2v) is 10.9. The van der Waals surface area contributed by atoms with Crippen LogP contribution >= 0.6 is 0 Å². The summed E-state index contributed by atoms with van der Waals surface area (Å²) in [5.41, 5.74) is 0.261. The van der Waals surface area contributed by atoms with Gasteiger partial charge in [-0.25, -0.2) is 18.4 Å². The van der Waals surface area contributed by atoms with Gasteiger partial charge in [0.25, 0.3) is 0 Å². The minimum Gasteiger partial charge on any atom is -0.467 e. The van der Waals surface area contributed by atoms with Crippen molar-refractivity contribution in [1.29, 1.82) is 0 Å². The van der Waals surface area contributed by atoms with Crippen LogP contribution in [0.25, 0.3) is 0 Å². The number of esters is 1. The fourth-order valence-corrected chi connectivity index (χ4v) is 4.39. The molecular weight excluding hydrogens is 552 g/mol. The molecule has 1 aromatic rings. The Morgan fingerprint density at radius 2 is 1.60 bits per heavy atom. The molecule has 5 N–H and O–H groups in total. The number of halogens is 2. The number of amides is 5. The van der Waals surface area contributed by atoms with Gasteiger partial charge >= 0.3 is 12.0 Å². The number of carbonyl (C=O) groups is 5. The molecule has 1 unspecified atom stereocenters. The van der Waals surface area contributed by atoms with E-state index >= 15 is 0 Å². The maximum Gasteiger partial charge on any atom is 0.328 e. The lowest BCUT2D eigenvalue weighted by Gasteiger charge is -2.27. The molecule has 5 amide bonds. The van der Waals surface area contributed by atoms with E-state index in [9.17, 15) is 32.8 Å². The fourth-order valence-electron chi connectivity index (χ4n) is 4.39. The lowest BCUT2D eigenvalue weighted by molar-refractivity contribution is -0.144. The molecule has 1 aliphatic heterocycles. The van der Waals surface area contributed by atoms with Crippen molar-refractivity contribution in [2.75, 3.05) is 13.7 Å². The fraction of sp³-hybridized carbons (Fsp3) is 0.552. The summed E-state index contributed by atoms with van der Waals surface area (Å²) >= 11 is 0. The van der Waals surface area contributed by atoms with Crippen LogP contribution in [-0.4, -0.2) is 67.5 Å². The second kappa shape index (κ2) is 16.4. The number of carbonyl (C=O) groups excluding carboxylic acids is 5. The SMILES string of the molecule is COC(=O)C(NC(=O)N[C@H](C(=O)N[C@H]1CCCCNC(=O)/C=C/[C@H](Cc2cc(F)cc(F)c2)NC1=O)C(C)C)C(C)C. The molecular formula is C29H41F2N5O6. The summed E-state index contributed by atoms with van der Waals surface area (Å²) in [6.07, 6.45) is 3.91. The zero-order valence-electron chi connectivity index (χ0n) is 24.6. The zero-order chi connectivity index (χ0) is 31.4. The third kappa shape index (κ3) is 11.1. The van der Waals surface area contributed by atoms with E-state index in [-0.39, 0.29) is 36.1 Å². The average Bonchev–Trinajstić information content (AvgIpc) is 2.90. The second-order valence-electron chi connectivity index (χ2n) is 10.9. The Bertz CT molecular complexity index is 1140. The van der Waals surface area contributed by atoms with E-state index in [4.69, 9.17) is 4.74 Å². The summed E-state index contributed by atoms with van der Waals surface area (Å²) in [5, 5.41) is 13.3. The normalized spacial score (nSPS) is 20.2. The van der Waals surface area contributed by atoms with E-state index in [2.05, 4.69) is 26.6 Å². The Hall–Kier alpha value is -4.03. The third-order valence-corrected chi connectivity index (χ3v) is 6.68. The first-order chi connectivity index (χ1) is 19.8. The Kier molecular flexibility index (Phi) is 13.4. The van der Waals surface area contributed by atoms with Crippen LogP contribution in [0.4, 0.5) is 13.6 Å². The maximum atomic E-state index is 13.8. The molecule has 42 heavy (non-hydrogen) atoms. The number of hydrogen-bond donors (Lipinski definition) is 5. The van der Waals surface area contributed by atoms with E-state index in [0.29, 0.717) is 19.4 Å². The van der Waals surface area contributed by atoms with Crippen molar-refractivity contribution >= 4 is 29.7 Å². The van der Waals surface area contributed by atoms with Crippen LogP contribution in [0.2, 0.25) is 0 Å². The third-order valence-electron chi connectivity index (χ3n) is 6.68. The summed E-state index contributed by atoms with van der Waals surface area (Å²) < 4.78 is 32.3. The predicted molar refractivity (Wildman–Crippen MR) is 151 cm³/mol. The van der Waals surface area contributed by atoms with Gasteiger partial charge < -0.3 is 31.3 Å². The Labute approximate surface area is 244 Å². The predicted octanol–water partition coefficient (Wildman–Crippen LogP) is 1.85. The molecule has 0 radical (unpaired) electrons. The largest absolute Gasteiger partial charge is 0.467 e. The van der Waals surface area contributed by atoms with Crippen LogP contribution in [0.15, 0.2) is 30.4 Å². The van der Waals surface area contributed by atoms with Crippen LogP contribution in [0, 0.1) is 23.5 Å². The van der Waals surface area contributed by atoms with Gasteiger partial charge in [0.15, 0.2) is 0 Å². The zero-order valence-corrected chi connectivity index (χ0v) is 24.6. The average molecular weight is 594 g/mol. The Morgan fingerprint density at radius 3 is 2.19 bits per heavy atom. The van der Waals surface area contributed by atoms with E-state index < -0.39 is 59.6 Å². The standard InChI is InChI=1S/C29H41F2N5O6/c1-16(2)24(35-29(41)36-25(17(3)4)28(40)42-5)27(39)34-22-8-6-7-11-32-23(37)10-9-21(33-26(22)38)14-18-12-19(30)15-20(31)13-18/h9-10,12-13,15-17,21-22,24-25H,6-8,11,14H2,1-5H3,(H,32,37)(H,33,38)(H,34,39)(H2,35,36,41)/b10-9+/t21-,22+,24+,25?/m1/s1. The number of methoxy groups -OCH3 is 1. The molecule has 232 valence electrons. The lowest BCUT2D eigenvalue weighted by Crippen LogP contribution is -2.59. The maximum absolute atomic E-state index is 13.8. The smallest absolute Gasteiger partial charge is 0.328 e. The van der Waals surface area contributed by atoms with Gasteiger partial charge in [0.1, 0.15) is 29.8 Å². The Balaban J connectivity index is 2.21. The molecule has 1 aromatic carbocycles. The highest BCUT2D eigenvalue weighted by Crippen LogP contribution is 2.13. The quantitative estimate of drug-likeness (QED) is 0.276. The highest BCUT2D eigenvalue weighted by molar-refractivity contribution is 5.93. The van der Waals surface area contributed by atoms with Gasteiger partial charge in [-0.3, -0.25) is 14.4 Å². The van der Waals surface area contributed by atoms with E-state index in [1.54, 1.807) is 27.7 Å². The molecule has 13 heteroatoms. The number of benzene rings is 1. The van der Waals surface area contributed by atoms with Crippen LogP contribution in [0.3, 0.4) is 0 Å². The van der Waals surface area contributed by atoms with Crippen LogP contribution in [0.5, 0.6) is 0 Å². The van der Waals surface area contributed by atoms with E-state index in [1.165, 1.54) is 19.3 Å². The molecule has 0 aromatic heterocycles. The van der Waals surface area contributed by atoms with Gasteiger partial charge in [0.2, 0.25) is 17.7 Å². The molecule has 1 aliphatic rings. The van der Waals surface area contributed by atoms with Gasteiger partial charge in [-0.15, -0.1) is 0 Å². The van der Waals surface area contributed by atoms with Gasteiger partial charge in [-0.05, 0) is 55.2 Å². The van der Waals surface area contributed by atoms with Crippen molar-refractivity contribution < 1.29 is 37.5 Å². The molecule has 0 aliphatic carbocycles. The molecule has 2 rings (SSSR count). The number of urea groups is 1. The summed E-state index contributed by atoms with van der Waals surface area (Å²) in [6.45, 7) is 7.24. The van der Waals surface area contributed by atoms with Crippen LogP contribution in [0.1, 0.15) is 52.5 Å². The van der Waals surface area contributed by atoms with Crippen molar-refractivity contribution in [2.45, 2.75) is 77.5 Å². The van der Waals surface area contributed by atoms with Gasteiger partial charge in [0, 0.05) is 18.7 Å². The Morgan fingerprint density at radius 1 is 0.976 bits per heavy atom. The first-order valence-electron chi connectivity index (χ1n) is 14.0. The van der Waals surface area contributed by atoms with Crippen molar-refractivity contribution in [3.63, 3.8) is 0 Å². The van der Waals surface area contributed by atoms with Gasteiger partial charge in [-0.2, -0.15) is 0 Å². The lowest BCUT2D eigenvalue weighted by atomic mass is 10.0. The topological polar surface area (TPSA) is 155 Å². The van der Waals surface area contributed by atoms with E-state index in [1.807, 2.05) is 0 Å². The number of ether oxygens (including phenoxy) is 1. The monoisotopic (exact) mass is 593 g/mol. The van der Waals surface area contributed by atoms with Gasteiger partial charge in [0.05, 0.1) is 13.2 Å². The number of nitrogens with one attached hydrogen (secondary N) is 5. The number of rotatable bonds is 9. The molecule has 0 saturated carbocycles. The first kappa shape index (κ1) is 34.2. The summed E-state index contributed by atoms with van der Waals surface area (Å²) in [4.78, 5) is 63.6. The summed E-state index contributed by atoms with van der Waals surface area (Å²) in [7, 11) is 1.21. The molecule has 0 saturated heterocycles. The summed E-state index contributed by atoms with van der Waals surface area (Å²) in [5.74, 6) is -4.39. The van der Waals surface area contributed by atoms with Crippen LogP contribution < -0.4 is 26.6 Å². The van der Waals surface area contributed by atoms with Crippen molar-refractivity contribution in [3.8, 4) is 0 Å². The number of hydrogen-bond acceptors (Lipinski definition) is 6. The minimum atomic E-state index is -1.05. The molecule has 11 nitrogen and oxygen atoms in total. The summed E-state index contributed by atoms with van der Waals surface area (Å²) in [6, 6.07) is -1.56. The highest BCUT2D eigenvalue weighted by atomic mass is 19.1. The van der Waals surface area contributed by atoms with Crippen LogP contribution in [-0.2, 0) is 30.3 Å². The molecule has 0 bridgehead atoms. The molecule has 1 heterocycles. The van der Waals surface area contributed by atoms with Gasteiger partial charge in [-0.1, -0.05) is 33.8 Å². The van der Waals surface area contributed by atoms with E-state index in [0.717, 1.165) is 18.2 Å². The van der Waals surface area contributed by atoms with Crippen molar-refractivity contribution in [1.82, 2.24) is 26.6 Å². The van der Waals surface area contributed by atoms with Crippen molar-refractivity contribution in [2.24, 2.45) is 11.8 Å². The van der Waals surface area contributed by atoms with Crippen molar-refractivity contribution in [3.05, 3.63) is 47.5 Å². The highest BCUT2D eigenvalue weighted by Gasteiger charge is 2.31. The minimum absolute atomic E-state index is 0.0155. The molecule has 0 spiro atoms.